The molecule has 0 saturated heterocycles. The number of nitrogens with two attached hydrogens (primary N) is 1. The number of carbonyl (C=O) groups excluding carboxylic acids is 1. The maximum absolute atomic E-state index is 11.9. The number of rotatable bonds is 4. The largest absolute Gasteiger partial charge is 0.483 e. The Hall–Kier alpha value is -1.92. The van der Waals surface area contributed by atoms with Crippen LogP contribution >= 0.6 is 0 Å². The summed E-state index contributed by atoms with van der Waals surface area (Å²) in [5.74, 6) is -0.371. The monoisotopic (exact) mass is 276 g/mol. The van der Waals surface area contributed by atoms with Gasteiger partial charge in [-0.3, -0.25) is 4.79 Å². The number of halogens is 3. The molecule has 1 aromatic carbocycles. The molecule has 0 unspecified atom stereocenters. The number of nitrogen functional groups attached to an aromatic ring is 1. The first-order valence-corrected chi connectivity index (χ1v) is 5.52. The molecule has 0 heterocycles. The molecule has 0 bridgehead atoms. The van der Waals surface area contributed by atoms with Crippen LogP contribution in [0, 0.1) is 13.8 Å². The molecule has 7 heteroatoms. The minimum absolute atomic E-state index is 0.455. The van der Waals surface area contributed by atoms with Crippen LogP contribution in [0.1, 0.15) is 11.1 Å². The van der Waals surface area contributed by atoms with Crippen LogP contribution in [-0.2, 0) is 4.79 Å². The van der Waals surface area contributed by atoms with Gasteiger partial charge in [0.25, 0.3) is 5.91 Å². The highest BCUT2D eigenvalue weighted by Gasteiger charge is 2.27. The highest BCUT2D eigenvalue weighted by molar-refractivity contribution is 5.77. The van der Waals surface area contributed by atoms with Gasteiger partial charge >= 0.3 is 6.18 Å². The third kappa shape index (κ3) is 5.07. The fourth-order valence-electron chi connectivity index (χ4n) is 1.60. The lowest BCUT2D eigenvalue weighted by Crippen LogP contribution is -2.36. The van der Waals surface area contributed by atoms with Gasteiger partial charge in [0.05, 0.1) is 0 Å². The van der Waals surface area contributed by atoms with Crippen molar-refractivity contribution >= 4 is 11.6 Å². The predicted molar refractivity (Wildman–Crippen MR) is 64.9 cm³/mol. The second-order valence-electron chi connectivity index (χ2n) is 4.16. The Bertz CT molecular complexity index is 450. The van der Waals surface area contributed by atoms with E-state index in [9.17, 15) is 18.0 Å². The fraction of sp³-hybridized carbons (Fsp3) is 0.417. The maximum atomic E-state index is 11.9. The van der Waals surface area contributed by atoms with E-state index in [0.29, 0.717) is 11.4 Å². The number of alkyl halides is 3. The third-order valence-electron chi connectivity index (χ3n) is 2.32. The average molecular weight is 276 g/mol. The Morgan fingerprint density at radius 3 is 2.32 bits per heavy atom. The quantitative estimate of drug-likeness (QED) is 0.826. The summed E-state index contributed by atoms with van der Waals surface area (Å²) in [6.45, 7) is 1.65. The van der Waals surface area contributed by atoms with Crippen molar-refractivity contribution in [1.29, 1.82) is 0 Å². The zero-order valence-corrected chi connectivity index (χ0v) is 10.6. The normalized spacial score (nSPS) is 11.2. The maximum Gasteiger partial charge on any atom is 0.405 e. The summed E-state index contributed by atoms with van der Waals surface area (Å²) in [4.78, 5) is 11.2. The topological polar surface area (TPSA) is 64.3 Å². The van der Waals surface area contributed by atoms with Crippen LogP contribution in [-0.4, -0.2) is 25.2 Å². The van der Waals surface area contributed by atoms with Gasteiger partial charge in [0.2, 0.25) is 0 Å². The molecule has 0 aliphatic heterocycles. The first-order chi connectivity index (χ1) is 8.69. The van der Waals surface area contributed by atoms with Crippen LogP contribution in [0.3, 0.4) is 0 Å². The van der Waals surface area contributed by atoms with Crippen LogP contribution in [0.4, 0.5) is 18.9 Å². The molecule has 0 aliphatic carbocycles. The second-order valence-corrected chi connectivity index (χ2v) is 4.16. The first-order valence-electron chi connectivity index (χ1n) is 5.52. The molecule has 0 spiro atoms. The molecule has 0 saturated carbocycles. The standard InChI is InChI=1S/C12H15F3N2O2/c1-7-3-9(16)4-8(2)11(7)19-5-10(18)17-6-12(13,14)15/h3-4H,5-6,16H2,1-2H3,(H,17,18). The predicted octanol–water partition coefficient (Wildman–Crippen LogP) is 1.94. The zero-order valence-electron chi connectivity index (χ0n) is 10.6. The number of carbonyl (C=O) groups is 1. The molecular formula is C12H15F3N2O2. The van der Waals surface area contributed by atoms with Crippen molar-refractivity contribution in [2.45, 2.75) is 20.0 Å². The molecule has 0 aliphatic rings. The van der Waals surface area contributed by atoms with Gasteiger partial charge < -0.3 is 15.8 Å². The number of hydrogen-bond acceptors (Lipinski definition) is 3. The van der Waals surface area contributed by atoms with E-state index in [0.717, 1.165) is 11.1 Å². The number of amides is 1. The fourth-order valence-corrected chi connectivity index (χ4v) is 1.60. The average Bonchev–Trinajstić information content (AvgIpc) is 2.23. The van der Waals surface area contributed by atoms with Gasteiger partial charge in [-0.2, -0.15) is 13.2 Å². The number of nitrogens with one attached hydrogen (secondary N) is 1. The third-order valence-corrected chi connectivity index (χ3v) is 2.32. The molecule has 1 rings (SSSR count). The summed E-state index contributed by atoms with van der Waals surface area (Å²) < 4.78 is 40.9. The molecule has 19 heavy (non-hydrogen) atoms. The number of aryl methyl sites for hydroxylation is 2. The zero-order chi connectivity index (χ0) is 14.6. The minimum atomic E-state index is -4.43. The van der Waals surface area contributed by atoms with Gasteiger partial charge in [0, 0.05) is 5.69 Å². The van der Waals surface area contributed by atoms with Crippen molar-refractivity contribution in [3.63, 3.8) is 0 Å². The van der Waals surface area contributed by atoms with E-state index >= 15 is 0 Å². The van der Waals surface area contributed by atoms with E-state index in [1.165, 1.54) is 0 Å². The lowest BCUT2D eigenvalue weighted by molar-refractivity contribution is -0.139. The Labute approximate surface area is 108 Å². The van der Waals surface area contributed by atoms with Crippen molar-refractivity contribution in [3.8, 4) is 5.75 Å². The lowest BCUT2D eigenvalue weighted by Gasteiger charge is -2.13. The van der Waals surface area contributed by atoms with E-state index in [-0.39, 0.29) is 0 Å². The Morgan fingerprint density at radius 2 is 1.84 bits per heavy atom. The van der Waals surface area contributed by atoms with Gasteiger partial charge in [-0.25, -0.2) is 0 Å². The summed E-state index contributed by atoms with van der Waals surface area (Å²) in [6.07, 6.45) is -4.43. The van der Waals surface area contributed by atoms with Crippen molar-refractivity contribution in [3.05, 3.63) is 23.3 Å². The molecule has 0 aromatic heterocycles. The van der Waals surface area contributed by atoms with E-state index in [1.807, 2.05) is 0 Å². The molecule has 106 valence electrons. The van der Waals surface area contributed by atoms with Crippen molar-refractivity contribution in [1.82, 2.24) is 5.32 Å². The van der Waals surface area contributed by atoms with Gasteiger partial charge in [-0.05, 0) is 37.1 Å². The lowest BCUT2D eigenvalue weighted by atomic mass is 10.1. The molecular weight excluding hydrogens is 261 g/mol. The highest BCUT2D eigenvalue weighted by atomic mass is 19.4. The van der Waals surface area contributed by atoms with Gasteiger partial charge in [-0.1, -0.05) is 0 Å². The minimum Gasteiger partial charge on any atom is -0.483 e. The second kappa shape index (κ2) is 5.81. The summed E-state index contributed by atoms with van der Waals surface area (Å²) >= 11 is 0. The van der Waals surface area contributed by atoms with Gasteiger partial charge in [-0.15, -0.1) is 0 Å². The van der Waals surface area contributed by atoms with E-state index in [1.54, 1.807) is 31.3 Å². The van der Waals surface area contributed by atoms with Crippen LogP contribution in [0.2, 0.25) is 0 Å². The SMILES string of the molecule is Cc1cc(N)cc(C)c1OCC(=O)NCC(F)(F)F. The summed E-state index contributed by atoms with van der Waals surface area (Å²) in [6, 6.07) is 3.33. The van der Waals surface area contributed by atoms with Crippen molar-refractivity contribution < 1.29 is 22.7 Å². The van der Waals surface area contributed by atoms with Crippen molar-refractivity contribution in [2.75, 3.05) is 18.9 Å². The molecule has 1 amide bonds. The van der Waals surface area contributed by atoms with E-state index < -0.39 is 25.2 Å². The molecule has 1 aromatic rings. The number of benzene rings is 1. The van der Waals surface area contributed by atoms with Crippen LogP contribution in [0.5, 0.6) is 5.75 Å². The molecule has 0 fully saturated rings. The summed E-state index contributed by atoms with van der Waals surface area (Å²) in [7, 11) is 0. The number of ether oxygens (including phenoxy) is 1. The molecule has 4 nitrogen and oxygen atoms in total. The number of anilines is 1. The van der Waals surface area contributed by atoms with Crippen molar-refractivity contribution in [2.24, 2.45) is 0 Å². The number of hydrogen-bond donors (Lipinski definition) is 2. The van der Waals surface area contributed by atoms with E-state index in [4.69, 9.17) is 10.5 Å². The Kier molecular flexibility index (Phi) is 4.63. The van der Waals surface area contributed by atoms with Crippen LogP contribution in [0.25, 0.3) is 0 Å². The Balaban J connectivity index is 2.56. The van der Waals surface area contributed by atoms with Gasteiger partial charge in [0.1, 0.15) is 12.3 Å². The van der Waals surface area contributed by atoms with E-state index in [2.05, 4.69) is 0 Å². The smallest absolute Gasteiger partial charge is 0.405 e. The van der Waals surface area contributed by atoms with Crippen LogP contribution in [0.15, 0.2) is 12.1 Å². The first kappa shape index (κ1) is 15.1. The van der Waals surface area contributed by atoms with Gasteiger partial charge in [0.15, 0.2) is 6.61 Å². The highest BCUT2D eigenvalue weighted by Crippen LogP contribution is 2.25. The molecule has 0 atom stereocenters. The summed E-state index contributed by atoms with van der Waals surface area (Å²) in [5.41, 5.74) is 7.63. The van der Waals surface area contributed by atoms with Crippen LogP contribution < -0.4 is 15.8 Å². The summed E-state index contributed by atoms with van der Waals surface area (Å²) in [5, 5.41) is 1.73. The Morgan fingerprint density at radius 1 is 1.32 bits per heavy atom. The molecule has 3 N–H and O–H groups in total. The molecule has 0 radical (unpaired) electrons.